The van der Waals surface area contributed by atoms with Crippen LogP contribution in [0, 0.1) is 11.3 Å². The third kappa shape index (κ3) is 2.85. The Morgan fingerprint density at radius 3 is 2.40 bits per heavy atom. The number of benzene rings is 1. The molecule has 1 aromatic carbocycles. The Balaban J connectivity index is 3.13. The van der Waals surface area contributed by atoms with Crippen molar-refractivity contribution < 1.29 is 9.90 Å². The van der Waals surface area contributed by atoms with E-state index in [9.17, 15) is 4.79 Å². The second-order valence-corrected chi connectivity index (χ2v) is 3.73. The molecule has 1 N–H and O–H groups in total. The molecule has 0 aliphatic carbocycles. The van der Waals surface area contributed by atoms with Crippen molar-refractivity contribution >= 4 is 29.2 Å². The summed E-state index contributed by atoms with van der Waals surface area (Å²) in [7, 11) is 0. The lowest BCUT2D eigenvalue weighted by Gasteiger charge is -2.10. The van der Waals surface area contributed by atoms with Crippen LogP contribution in [0.3, 0.4) is 0 Å². The second-order valence-electron chi connectivity index (χ2n) is 2.91. The van der Waals surface area contributed by atoms with Crippen molar-refractivity contribution in [3.05, 3.63) is 33.8 Å². The number of carbonyl (C=O) groups is 1. The van der Waals surface area contributed by atoms with Gasteiger partial charge in [0.05, 0.1) is 18.4 Å². The maximum absolute atomic E-state index is 10.5. The van der Waals surface area contributed by atoms with E-state index in [4.69, 9.17) is 33.6 Å². The first-order valence-electron chi connectivity index (χ1n) is 4.11. The molecule has 0 saturated heterocycles. The summed E-state index contributed by atoms with van der Waals surface area (Å²) in [6.07, 6.45) is -0.306. The Hall–Kier alpha value is -1.24. The second kappa shape index (κ2) is 5.01. The Kier molecular flexibility index (Phi) is 3.96. The molecule has 0 bridgehead atoms. The smallest absolute Gasteiger partial charge is 0.305 e. The number of hydrogen-bond donors (Lipinski definition) is 1. The molecule has 1 atom stereocenters. The normalized spacial score (nSPS) is 11.8. The average Bonchev–Trinajstić information content (AvgIpc) is 2.15. The highest BCUT2D eigenvalue weighted by molar-refractivity contribution is 6.36. The maximum atomic E-state index is 10.5. The van der Waals surface area contributed by atoms with E-state index in [1.165, 1.54) is 0 Å². The number of rotatable bonds is 3. The van der Waals surface area contributed by atoms with Gasteiger partial charge in [-0.1, -0.05) is 29.3 Å². The molecule has 1 rings (SSSR count). The predicted octanol–water partition coefficient (Wildman–Crippen LogP) is 3.08. The number of hydrogen-bond acceptors (Lipinski definition) is 2. The summed E-state index contributed by atoms with van der Waals surface area (Å²) in [5.41, 5.74) is 0.380. The van der Waals surface area contributed by atoms with Gasteiger partial charge in [0, 0.05) is 15.6 Å². The van der Waals surface area contributed by atoms with Crippen molar-refractivity contribution in [3.63, 3.8) is 0 Å². The van der Waals surface area contributed by atoms with E-state index in [0.717, 1.165) is 0 Å². The zero-order valence-corrected chi connectivity index (χ0v) is 9.09. The van der Waals surface area contributed by atoms with E-state index in [0.29, 0.717) is 15.6 Å². The Labute approximate surface area is 96.8 Å². The third-order valence-electron chi connectivity index (χ3n) is 1.88. The summed E-state index contributed by atoms with van der Waals surface area (Å²) in [6.45, 7) is 0. The number of carboxylic acid groups (broad SMARTS) is 1. The van der Waals surface area contributed by atoms with Gasteiger partial charge in [0.2, 0.25) is 0 Å². The standard InChI is InChI=1S/C10H7Cl2NO2/c11-7-2-1-3-8(12)10(7)6(5-13)4-9(14)15/h1-3,6H,4H2,(H,14,15). The topological polar surface area (TPSA) is 61.1 Å². The van der Waals surface area contributed by atoms with Gasteiger partial charge in [0.15, 0.2) is 0 Å². The van der Waals surface area contributed by atoms with Crippen molar-refractivity contribution in [3.8, 4) is 6.07 Å². The molecule has 0 fully saturated rings. The first kappa shape index (κ1) is 11.8. The molecule has 0 aliphatic heterocycles. The number of carboxylic acids is 1. The zero-order chi connectivity index (χ0) is 11.4. The molecule has 5 heteroatoms. The van der Waals surface area contributed by atoms with Crippen LogP contribution in [0.4, 0.5) is 0 Å². The Morgan fingerprint density at radius 2 is 2.00 bits per heavy atom. The summed E-state index contributed by atoms with van der Waals surface area (Å²) in [6, 6.07) is 6.68. The molecule has 0 amide bonds. The molecule has 1 aromatic rings. The lowest BCUT2D eigenvalue weighted by molar-refractivity contribution is -0.137. The van der Waals surface area contributed by atoms with Crippen LogP contribution < -0.4 is 0 Å². The monoisotopic (exact) mass is 243 g/mol. The number of nitriles is 1. The number of aliphatic carboxylic acids is 1. The van der Waals surface area contributed by atoms with Gasteiger partial charge in [-0.05, 0) is 12.1 Å². The fourth-order valence-corrected chi connectivity index (χ4v) is 1.89. The largest absolute Gasteiger partial charge is 0.481 e. The first-order chi connectivity index (χ1) is 7.06. The highest BCUT2D eigenvalue weighted by Crippen LogP contribution is 2.32. The van der Waals surface area contributed by atoms with E-state index in [-0.39, 0.29) is 6.42 Å². The van der Waals surface area contributed by atoms with Crippen molar-refractivity contribution in [2.45, 2.75) is 12.3 Å². The Morgan fingerprint density at radius 1 is 1.47 bits per heavy atom. The quantitative estimate of drug-likeness (QED) is 0.888. The third-order valence-corrected chi connectivity index (χ3v) is 2.54. The summed E-state index contributed by atoms with van der Waals surface area (Å²) in [5.74, 6) is -1.87. The summed E-state index contributed by atoms with van der Waals surface area (Å²) >= 11 is 11.7. The van der Waals surface area contributed by atoms with E-state index < -0.39 is 11.9 Å². The van der Waals surface area contributed by atoms with E-state index in [1.54, 1.807) is 18.2 Å². The fraction of sp³-hybridized carbons (Fsp3) is 0.200. The van der Waals surface area contributed by atoms with Crippen LogP contribution in [0.25, 0.3) is 0 Å². The minimum atomic E-state index is -1.06. The minimum Gasteiger partial charge on any atom is -0.481 e. The highest BCUT2D eigenvalue weighted by Gasteiger charge is 2.20. The number of halogens is 2. The molecule has 0 radical (unpaired) electrons. The summed E-state index contributed by atoms with van der Waals surface area (Å²) in [5, 5.41) is 18.1. The lowest BCUT2D eigenvalue weighted by Crippen LogP contribution is -2.05. The lowest BCUT2D eigenvalue weighted by atomic mass is 9.97. The van der Waals surface area contributed by atoms with Crippen LogP contribution in [0.1, 0.15) is 17.9 Å². The molecule has 0 saturated carbocycles. The Bertz CT molecular complexity index is 406. The molecule has 78 valence electrons. The van der Waals surface area contributed by atoms with Gasteiger partial charge in [-0.2, -0.15) is 5.26 Å². The molecule has 0 spiro atoms. The SMILES string of the molecule is N#CC(CC(=O)O)c1c(Cl)cccc1Cl. The van der Waals surface area contributed by atoms with Crippen molar-refractivity contribution in [2.75, 3.05) is 0 Å². The fourth-order valence-electron chi connectivity index (χ4n) is 1.23. The van der Waals surface area contributed by atoms with Crippen LogP contribution in [-0.4, -0.2) is 11.1 Å². The minimum absolute atomic E-state index is 0.306. The van der Waals surface area contributed by atoms with E-state index in [2.05, 4.69) is 0 Å². The molecular formula is C10H7Cl2NO2. The first-order valence-corrected chi connectivity index (χ1v) is 4.87. The van der Waals surface area contributed by atoms with Crippen molar-refractivity contribution in [1.82, 2.24) is 0 Å². The van der Waals surface area contributed by atoms with E-state index in [1.807, 2.05) is 6.07 Å². The van der Waals surface area contributed by atoms with Crippen molar-refractivity contribution in [2.24, 2.45) is 0 Å². The van der Waals surface area contributed by atoms with Crippen LogP contribution in [0.2, 0.25) is 10.0 Å². The maximum Gasteiger partial charge on any atom is 0.305 e. The molecular weight excluding hydrogens is 237 g/mol. The average molecular weight is 244 g/mol. The van der Waals surface area contributed by atoms with Gasteiger partial charge >= 0.3 is 5.97 Å². The molecule has 15 heavy (non-hydrogen) atoms. The zero-order valence-electron chi connectivity index (χ0n) is 7.58. The predicted molar refractivity (Wildman–Crippen MR) is 57.1 cm³/mol. The van der Waals surface area contributed by atoms with Crippen molar-refractivity contribution in [1.29, 1.82) is 5.26 Å². The van der Waals surface area contributed by atoms with Crippen LogP contribution >= 0.6 is 23.2 Å². The van der Waals surface area contributed by atoms with Crippen LogP contribution in [0.5, 0.6) is 0 Å². The van der Waals surface area contributed by atoms with E-state index >= 15 is 0 Å². The van der Waals surface area contributed by atoms with Crippen LogP contribution in [-0.2, 0) is 4.79 Å². The van der Waals surface area contributed by atoms with Gasteiger partial charge < -0.3 is 5.11 Å². The van der Waals surface area contributed by atoms with Gasteiger partial charge in [0.1, 0.15) is 0 Å². The molecule has 0 aliphatic rings. The molecule has 3 nitrogen and oxygen atoms in total. The number of nitrogens with zero attached hydrogens (tertiary/aromatic N) is 1. The van der Waals surface area contributed by atoms with Crippen LogP contribution in [0.15, 0.2) is 18.2 Å². The van der Waals surface area contributed by atoms with Gasteiger partial charge in [-0.25, -0.2) is 0 Å². The van der Waals surface area contributed by atoms with Gasteiger partial charge in [0.25, 0.3) is 0 Å². The molecule has 0 heterocycles. The highest BCUT2D eigenvalue weighted by atomic mass is 35.5. The van der Waals surface area contributed by atoms with Gasteiger partial charge in [-0.15, -0.1) is 0 Å². The molecule has 1 unspecified atom stereocenters. The molecule has 0 aromatic heterocycles. The van der Waals surface area contributed by atoms with Gasteiger partial charge in [-0.3, -0.25) is 4.79 Å². The summed E-state index contributed by atoms with van der Waals surface area (Å²) < 4.78 is 0. The summed E-state index contributed by atoms with van der Waals surface area (Å²) in [4.78, 5) is 10.5.